The Kier molecular flexibility index (Phi) is 3.35. The Morgan fingerprint density at radius 3 is 2.31 bits per heavy atom. The Morgan fingerprint density at radius 1 is 1.31 bits per heavy atom. The highest BCUT2D eigenvalue weighted by atomic mass is 16.6. The van der Waals surface area contributed by atoms with Gasteiger partial charge < -0.3 is 0 Å². The number of non-ortho nitro benzene ring substituents is 1. The van der Waals surface area contributed by atoms with Gasteiger partial charge in [0, 0.05) is 17.7 Å². The van der Waals surface area contributed by atoms with Crippen molar-refractivity contribution < 1.29 is 14.5 Å². The number of hydrogen-bond acceptors (Lipinski definition) is 4. The zero-order chi connectivity index (χ0) is 12.1. The number of benzene rings is 1. The number of imide groups is 1. The Labute approximate surface area is 90.4 Å². The van der Waals surface area contributed by atoms with E-state index >= 15 is 0 Å². The van der Waals surface area contributed by atoms with Crippen molar-refractivity contribution in [3.05, 3.63) is 39.9 Å². The van der Waals surface area contributed by atoms with E-state index in [9.17, 15) is 19.7 Å². The Balaban J connectivity index is 2.83. The first kappa shape index (κ1) is 11.4. The van der Waals surface area contributed by atoms with E-state index < -0.39 is 16.7 Å². The van der Waals surface area contributed by atoms with Gasteiger partial charge >= 0.3 is 5.91 Å². The first-order valence-corrected chi connectivity index (χ1v) is 4.11. The lowest BCUT2D eigenvalue weighted by Gasteiger charge is -1.99. The number of nitrogens with zero attached hydrogens (tertiary/aromatic N) is 1. The van der Waals surface area contributed by atoms with Gasteiger partial charge in [0.25, 0.3) is 11.6 Å². The van der Waals surface area contributed by atoms with E-state index in [4.69, 9.17) is 6.42 Å². The quantitative estimate of drug-likeness (QED) is 0.444. The molecule has 1 aromatic rings. The Bertz CT molecular complexity index is 485. The van der Waals surface area contributed by atoms with Crippen molar-refractivity contribution >= 4 is 17.5 Å². The predicted octanol–water partition coefficient (Wildman–Crippen LogP) is 0.484. The van der Waals surface area contributed by atoms with Crippen molar-refractivity contribution in [3.63, 3.8) is 0 Å². The zero-order valence-corrected chi connectivity index (χ0v) is 7.97. The Hall–Kier alpha value is -2.68. The molecule has 0 aliphatic heterocycles. The molecule has 1 aromatic carbocycles. The van der Waals surface area contributed by atoms with E-state index in [-0.39, 0.29) is 11.3 Å². The van der Waals surface area contributed by atoms with Crippen LogP contribution in [0.5, 0.6) is 0 Å². The summed E-state index contributed by atoms with van der Waals surface area (Å²) in [5.41, 5.74) is -0.0194. The predicted molar refractivity (Wildman–Crippen MR) is 54.4 cm³/mol. The van der Waals surface area contributed by atoms with Crippen molar-refractivity contribution in [3.8, 4) is 12.3 Å². The molecule has 0 aliphatic carbocycles. The largest absolute Gasteiger partial charge is 0.302 e. The van der Waals surface area contributed by atoms with Crippen LogP contribution in [0.25, 0.3) is 0 Å². The summed E-state index contributed by atoms with van der Waals surface area (Å²) >= 11 is 0. The molecule has 0 bridgehead atoms. The fourth-order valence-electron chi connectivity index (χ4n) is 0.946. The molecule has 2 amide bonds. The summed E-state index contributed by atoms with van der Waals surface area (Å²) in [7, 11) is 0. The molecule has 1 rings (SSSR count). The van der Waals surface area contributed by atoms with Gasteiger partial charge in [-0.2, -0.15) is 0 Å². The third-order valence-electron chi connectivity index (χ3n) is 1.70. The van der Waals surface area contributed by atoms with Crippen LogP contribution in [0, 0.1) is 22.5 Å². The molecule has 0 aliphatic rings. The second-order valence-electron chi connectivity index (χ2n) is 2.73. The van der Waals surface area contributed by atoms with Crippen LogP contribution >= 0.6 is 0 Å². The smallest absolute Gasteiger partial charge is 0.281 e. The molecule has 0 fully saturated rings. The van der Waals surface area contributed by atoms with Gasteiger partial charge in [-0.15, -0.1) is 6.42 Å². The highest BCUT2D eigenvalue weighted by molar-refractivity contribution is 6.10. The standard InChI is InChI=1S/C10H6N2O4/c1-2-9(13)11-10(14)7-3-5-8(6-4-7)12(15)16/h1,3-6H,(H,11,13,14). The number of carbonyl (C=O) groups is 2. The van der Waals surface area contributed by atoms with Gasteiger partial charge in [0.2, 0.25) is 0 Å². The molecule has 16 heavy (non-hydrogen) atoms. The van der Waals surface area contributed by atoms with Crippen LogP contribution in [0.15, 0.2) is 24.3 Å². The normalized spacial score (nSPS) is 8.94. The Morgan fingerprint density at radius 2 is 1.88 bits per heavy atom. The van der Waals surface area contributed by atoms with Crippen LogP contribution in [-0.2, 0) is 4.79 Å². The fraction of sp³-hybridized carbons (Fsp3) is 0. The van der Waals surface area contributed by atoms with Crippen LogP contribution < -0.4 is 5.32 Å². The van der Waals surface area contributed by atoms with Gasteiger partial charge in [0.1, 0.15) is 0 Å². The third-order valence-corrected chi connectivity index (χ3v) is 1.70. The fourth-order valence-corrected chi connectivity index (χ4v) is 0.946. The van der Waals surface area contributed by atoms with Crippen molar-refractivity contribution in [1.82, 2.24) is 5.32 Å². The van der Waals surface area contributed by atoms with Crippen LogP contribution in [0.2, 0.25) is 0 Å². The SMILES string of the molecule is C#CC(=O)NC(=O)c1ccc([N+](=O)[O-])cc1. The molecule has 0 atom stereocenters. The minimum absolute atomic E-state index is 0.120. The van der Waals surface area contributed by atoms with E-state index in [2.05, 4.69) is 0 Å². The minimum atomic E-state index is -0.858. The second-order valence-corrected chi connectivity index (χ2v) is 2.73. The van der Waals surface area contributed by atoms with E-state index in [0.717, 1.165) is 12.1 Å². The summed E-state index contributed by atoms with van der Waals surface area (Å²) < 4.78 is 0. The van der Waals surface area contributed by atoms with Gasteiger partial charge in [0.15, 0.2) is 0 Å². The lowest BCUT2D eigenvalue weighted by atomic mass is 10.2. The summed E-state index contributed by atoms with van der Waals surface area (Å²) in [5, 5.41) is 12.2. The maximum atomic E-state index is 11.3. The van der Waals surface area contributed by atoms with Crippen molar-refractivity contribution in [2.45, 2.75) is 0 Å². The van der Waals surface area contributed by atoms with E-state index in [1.807, 2.05) is 5.32 Å². The summed E-state index contributed by atoms with van der Waals surface area (Å²) in [4.78, 5) is 31.7. The van der Waals surface area contributed by atoms with Crippen molar-refractivity contribution in [1.29, 1.82) is 0 Å². The van der Waals surface area contributed by atoms with Gasteiger partial charge in [-0.05, 0) is 18.1 Å². The first-order chi connectivity index (χ1) is 7.54. The maximum Gasteiger partial charge on any atom is 0.302 e. The number of carbonyl (C=O) groups excluding carboxylic acids is 2. The van der Waals surface area contributed by atoms with E-state index in [1.54, 1.807) is 5.92 Å². The van der Waals surface area contributed by atoms with E-state index in [0.29, 0.717) is 0 Å². The summed E-state index contributed by atoms with van der Waals surface area (Å²) in [6, 6.07) is 4.79. The second kappa shape index (κ2) is 4.70. The van der Waals surface area contributed by atoms with Crippen molar-refractivity contribution in [2.75, 3.05) is 0 Å². The zero-order valence-electron chi connectivity index (χ0n) is 7.97. The average molecular weight is 218 g/mol. The van der Waals surface area contributed by atoms with Crippen LogP contribution in [0.1, 0.15) is 10.4 Å². The van der Waals surface area contributed by atoms with Gasteiger partial charge in [-0.3, -0.25) is 25.0 Å². The molecule has 0 saturated carbocycles. The summed E-state index contributed by atoms with van der Waals surface area (Å²) in [6.07, 6.45) is 4.76. The van der Waals surface area contributed by atoms with E-state index in [1.165, 1.54) is 12.1 Å². The average Bonchev–Trinajstić information content (AvgIpc) is 2.28. The molecule has 0 radical (unpaired) electrons. The minimum Gasteiger partial charge on any atom is -0.281 e. The van der Waals surface area contributed by atoms with Crippen LogP contribution in [0.4, 0.5) is 5.69 Å². The third kappa shape index (κ3) is 2.65. The maximum absolute atomic E-state index is 11.3. The monoisotopic (exact) mass is 218 g/mol. The number of terminal acetylenes is 1. The molecule has 0 unspecified atom stereocenters. The number of nitrogens with one attached hydrogen (secondary N) is 1. The molecule has 0 saturated heterocycles. The molecular weight excluding hydrogens is 212 g/mol. The molecule has 80 valence electrons. The molecule has 0 heterocycles. The lowest BCUT2D eigenvalue weighted by molar-refractivity contribution is -0.384. The highest BCUT2D eigenvalue weighted by Gasteiger charge is 2.10. The number of amides is 2. The number of nitro groups is 1. The molecule has 1 N–H and O–H groups in total. The molecule has 0 aromatic heterocycles. The van der Waals surface area contributed by atoms with Gasteiger partial charge in [-0.25, -0.2) is 0 Å². The summed E-state index contributed by atoms with van der Waals surface area (Å²) in [6.45, 7) is 0. The lowest BCUT2D eigenvalue weighted by Crippen LogP contribution is -2.28. The topological polar surface area (TPSA) is 89.3 Å². The van der Waals surface area contributed by atoms with Gasteiger partial charge in [-0.1, -0.05) is 0 Å². The first-order valence-electron chi connectivity index (χ1n) is 4.11. The van der Waals surface area contributed by atoms with Crippen molar-refractivity contribution in [2.24, 2.45) is 0 Å². The molecule has 6 heteroatoms. The van der Waals surface area contributed by atoms with Crippen LogP contribution in [0.3, 0.4) is 0 Å². The van der Waals surface area contributed by atoms with Crippen LogP contribution in [-0.4, -0.2) is 16.7 Å². The number of rotatable bonds is 2. The molecular formula is C10H6N2O4. The molecule has 0 spiro atoms. The number of nitro benzene ring substituents is 1. The van der Waals surface area contributed by atoms with Gasteiger partial charge in [0.05, 0.1) is 4.92 Å². The highest BCUT2D eigenvalue weighted by Crippen LogP contribution is 2.11. The molecule has 6 nitrogen and oxygen atoms in total. The summed E-state index contributed by atoms with van der Waals surface area (Å²) in [5.74, 6) is 0.162. The number of hydrogen-bond donors (Lipinski definition) is 1.